The number of rotatable bonds is 4. The molecule has 9 heteroatoms. The van der Waals surface area contributed by atoms with Crippen LogP contribution in [0.2, 0.25) is 0 Å². The molecule has 0 radical (unpaired) electrons. The van der Waals surface area contributed by atoms with Gasteiger partial charge in [0.05, 0.1) is 16.7 Å². The van der Waals surface area contributed by atoms with E-state index in [-0.39, 0.29) is 17.1 Å². The van der Waals surface area contributed by atoms with Crippen LogP contribution in [-0.2, 0) is 6.18 Å². The van der Waals surface area contributed by atoms with Crippen molar-refractivity contribution in [2.24, 2.45) is 0 Å². The van der Waals surface area contributed by atoms with Crippen molar-refractivity contribution in [1.29, 1.82) is 0 Å². The second-order valence-corrected chi connectivity index (χ2v) is 7.08. The summed E-state index contributed by atoms with van der Waals surface area (Å²) in [6.45, 7) is 3.37. The van der Waals surface area contributed by atoms with Crippen molar-refractivity contribution >= 4 is 23.3 Å². The van der Waals surface area contributed by atoms with E-state index in [1.807, 2.05) is 0 Å². The fourth-order valence-corrected chi connectivity index (χ4v) is 2.86. The Kier molecular flexibility index (Phi) is 6.11. The summed E-state index contributed by atoms with van der Waals surface area (Å²) in [5, 5.41) is 0. The number of alkyl halides is 3. The number of nitrogen functional groups attached to an aromatic ring is 2. The molecule has 3 aromatic rings. The number of hydrogen-bond donors (Lipinski definition) is 2. The number of carbonyl (C=O) groups excluding carboxylic acids is 2. The molecule has 6 nitrogen and oxygen atoms in total. The second-order valence-electron chi connectivity index (χ2n) is 7.08. The molecule has 166 valence electrons. The fraction of sp³-hybridized carbons (Fsp3) is 0.130. The van der Waals surface area contributed by atoms with Gasteiger partial charge in [0.1, 0.15) is 11.5 Å². The zero-order chi connectivity index (χ0) is 23.6. The van der Waals surface area contributed by atoms with Crippen molar-refractivity contribution in [2.45, 2.75) is 20.0 Å². The molecule has 0 aliphatic rings. The third-order valence-corrected chi connectivity index (χ3v) is 4.66. The Labute approximate surface area is 181 Å². The van der Waals surface area contributed by atoms with Crippen molar-refractivity contribution in [3.63, 3.8) is 0 Å². The summed E-state index contributed by atoms with van der Waals surface area (Å²) >= 11 is 0. The Morgan fingerprint density at radius 1 is 0.750 bits per heavy atom. The van der Waals surface area contributed by atoms with Gasteiger partial charge in [0, 0.05) is 11.4 Å². The first kappa shape index (κ1) is 22.7. The van der Waals surface area contributed by atoms with Gasteiger partial charge in [-0.2, -0.15) is 13.2 Å². The molecule has 0 aliphatic carbocycles. The van der Waals surface area contributed by atoms with E-state index in [1.54, 1.807) is 26.0 Å². The largest absolute Gasteiger partial charge is 0.423 e. The highest BCUT2D eigenvalue weighted by atomic mass is 19.4. The van der Waals surface area contributed by atoms with E-state index in [0.29, 0.717) is 22.9 Å². The summed E-state index contributed by atoms with van der Waals surface area (Å²) in [6.07, 6.45) is -4.68. The maximum Gasteiger partial charge on any atom is 0.418 e. The van der Waals surface area contributed by atoms with Crippen LogP contribution in [0.3, 0.4) is 0 Å². The SMILES string of the molecule is Cc1cc(C(=O)Oc2ccc(C(=O)Oc3ccc(N)c(C(F)(F)F)c3)cc2C)ccc1N. The standard InChI is InChI=1S/C23H19F3N2O4/c1-12-9-14(3-6-18(12)27)22(30)32-20-8-4-15(10-13(20)2)21(29)31-16-5-7-19(28)17(11-16)23(24,25)26/h3-11H,27-28H2,1-2H3. The predicted octanol–water partition coefficient (Wildman–Crippen LogP) is 4.93. The van der Waals surface area contributed by atoms with Gasteiger partial charge in [-0.1, -0.05) is 0 Å². The molecular weight excluding hydrogens is 425 g/mol. The average molecular weight is 444 g/mol. The number of ether oxygens (including phenoxy) is 2. The Morgan fingerprint density at radius 2 is 1.31 bits per heavy atom. The van der Waals surface area contributed by atoms with Crippen LogP contribution in [0.25, 0.3) is 0 Å². The van der Waals surface area contributed by atoms with Crippen molar-refractivity contribution < 1.29 is 32.2 Å². The normalized spacial score (nSPS) is 11.2. The van der Waals surface area contributed by atoms with Crippen LogP contribution in [0.5, 0.6) is 11.5 Å². The first-order valence-electron chi connectivity index (χ1n) is 9.33. The average Bonchev–Trinajstić information content (AvgIpc) is 2.72. The molecule has 0 aromatic heterocycles. The minimum absolute atomic E-state index is 0.0658. The summed E-state index contributed by atoms with van der Waals surface area (Å²) in [5.74, 6) is -1.57. The third kappa shape index (κ3) is 5.00. The lowest BCUT2D eigenvalue weighted by Crippen LogP contribution is -2.13. The highest BCUT2D eigenvalue weighted by Gasteiger charge is 2.33. The molecule has 0 bridgehead atoms. The molecular formula is C23H19F3N2O4. The second kappa shape index (κ2) is 8.62. The predicted molar refractivity (Wildman–Crippen MR) is 113 cm³/mol. The lowest BCUT2D eigenvalue weighted by atomic mass is 10.1. The van der Waals surface area contributed by atoms with Crippen LogP contribution >= 0.6 is 0 Å². The Hall–Kier alpha value is -4.01. The van der Waals surface area contributed by atoms with E-state index >= 15 is 0 Å². The molecule has 0 atom stereocenters. The van der Waals surface area contributed by atoms with Gasteiger partial charge >= 0.3 is 18.1 Å². The maximum absolute atomic E-state index is 13.0. The Bertz CT molecular complexity index is 1210. The van der Waals surface area contributed by atoms with Gasteiger partial charge in [-0.05, 0) is 79.6 Å². The summed E-state index contributed by atoms with van der Waals surface area (Å²) in [4.78, 5) is 24.8. The molecule has 0 aliphatic heterocycles. The number of esters is 2. The fourth-order valence-electron chi connectivity index (χ4n) is 2.86. The van der Waals surface area contributed by atoms with Gasteiger partial charge < -0.3 is 20.9 Å². The highest BCUT2D eigenvalue weighted by molar-refractivity contribution is 5.93. The smallest absolute Gasteiger partial charge is 0.418 e. The van der Waals surface area contributed by atoms with Gasteiger partial charge in [-0.25, -0.2) is 9.59 Å². The minimum Gasteiger partial charge on any atom is -0.423 e. The number of carbonyl (C=O) groups is 2. The minimum atomic E-state index is -4.68. The number of anilines is 2. The number of benzene rings is 3. The van der Waals surface area contributed by atoms with Crippen LogP contribution in [-0.4, -0.2) is 11.9 Å². The monoisotopic (exact) mass is 444 g/mol. The maximum atomic E-state index is 13.0. The van der Waals surface area contributed by atoms with Crippen LogP contribution in [0.4, 0.5) is 24.5 Å². The number of hydrogen-bond acceptors (Lipinski definition) is 6. The molecule has 0 spiro atoms. The van der Waals surface area contributed by atoms with E-state index in [2.05, 4.69) is 0 Å². The lowest BCUT2D eigenvalue weighted by Gasteiger charge is -2.12. The number of nitrogens with two attached hydrogens (primary N) is 2. The van der Waals surface area contributed by atoms with E-state index in [4.69, 9.17) is 20.9 Å². The molecule has 0 fully saturated rings. The molecule has 3 rings (SSSR count). The summed E-state index contributed by atoms with van der Waals surface area (Å²) in [6, 6.07) is 11.7. The Balaban J connectivity index is 1.75. The topological polar surface area (TPSA) is 105 Å². The number of halogens is 3. The lowest BCUT2D eigenvalue weighted by molar-refractivity contribution is -0.137. The van der Waals surface area contributed by atoms with E-state index in [9.17, 15) is 22.8 Å². The summed E-state index contributed by atoms with van der Waals surface area (Å²) in [7, 11) is 0. The van der Waals surface area contributed by atoms with Gasteiger partial charge in [-0.3, -0.25) is 0 Å². The van der Waals surface area contributed by atoms with E-state index in [1.165, 1.54) is 30.3 Å². The molecule has 32 heavy (non-hydrogen) atoms. The summed E-state index contributed by atoms with van der Waals surface area (Å²) < 4.78 is 49.4. The van der Waals surface area contributed by atoms with Gasteiger partial charge in [0.25, 0.3) is 0 Å². The molecule has 0 heterocycles. The van der Waals surface area contributed by atoms with Gasteiger partial charge in [-0.15, -0.1) is 0 Å². The van der Waals surface area contributed by atoms with Crippen LogP contribution in [0.1, 0.15) is 37.4 Å². The highest BCUT2D eigenvalue weighted by Crippen LogP contribution is 2.36. The van der Waals surface area contributed by atoms with Crippen molar-refractivity contribution in [3.8, 4) is 11.5 Å². The van der Waals surface area contributed by atoms with Gasteiger partial charge in [0.15, 0.2) is 0 Å². The number of aryl methyl sites for hydroxylation is 2. The first-order valence-corrected chi connectivity index (χ1v) is 9.33. The van der Waals surface area contributed by atoms with Crippen molar-refractivity contribution in [3.05, 3.63) is 82.4 Å². The van der Waals surface area contributed by atoms with E-state index in [0.717, 1.165) is 11.6 Å². The molecule has 0 saturated carbocycles. The van der Waals surface area contributed by atoms with Gasteiger partial charge in [0.2, 0.25) is 0 Å². The quantitative estimate of drug-likeness (QED) is 0.336. The van der Waals surface area contributed by atoms with Crippen LogP contribution in [0, 0.1) is 13.8 Å². The van der Waals surface area contributed by atoms with Crippen molar-refractivity contribution in [1.82, 2.24) is 0 Å². The zero-order valence-electron chi connectivity index (χ0n) is 17.1. The first-order chi connectivity index (χ1) is 15.0. The molecule has 0 saturated heterocycles. The zero-order valence-corrected chi connectivity index (χ0v) is 17.1. The molecule has 0 amide bonds. The molecule has 0 unspecified atom stereocenters. The molecule has 4 N–H and O–H groups in total. The molecule has 3 aromatic carbocycles. The Morgan fingerprint density at radius 3 is 1.91 bits per heavy atom. The van der Waals surface area contributed by atoms with Crippen molar-refractivity contribution in [2.75, 3.05) is 11.5 Å². The van der Waals surface area contributed by atoms with Crippen LogP contribution < -0.4 is 20.9 Å². The van der Waals surface area contributed by atoms with E-state index < -0.39 is 29.4 Å². The van der Waals surface area contributed by atoms with Crippen LogP contribution in [0.15, 0.2) is 54.6 Å². The summed E-state index contributed by atoms with van der Waals surface area (Å²) in [5.41, 5.74) is 11.6. The third-order valence-electron chi connectivity index (χ3n) is 4.66.